The largest absolute Gasteiger partial charge is 0.293 e. The van der Waals surface area contributed by atoms with Crippen molar-refractivity contribution in [2.75, 3.05) is 0 Å². The van der Waals surface area contributed by atoms with Gasteiger partial charge in [-0.05, 0) is 25.1 Å². The molecule has 0 radical (unpaired) electrons. The third kappa shape index (κ3) is 2.61. The Labute approximate surface area is 109 Å². The second-order valence-corrected chi connectivity index (χ2v) is 4.67. The van der Waals surface area contributed by atoms with E-state index in [1.807, 2.05) is 49.4 Å². The van der Waals surface area contributed by atoms with Crippen molar-refractivity contribution in [2.24, 2.45) is 0 Å². The summed E-state index contributed by atoms with van der Waals surface area (Å²) in [6.07, 6.45) is 1.71. The first-order valence-electron chi connectivity index (χ1n) is 5.40. The van der Waals surface area contributed by atoms with E-state index < -0.39 is 0 Å². The molecule has 0 fully saturated rings. The van der Waals surface area contributed by atoms with Crippen LogP contribution in [0.1, 0.15) is 28.9 Å². The van der Waals surface area contributed by atoms with Crippen LogP contribution in [0, 0.1) is 0 Å². The maximum absolute atomic E-state index is 12.3. The van der Waals surface area contributed by atoms with Crippen molar-refractivity contribution in [2.45, 2.75) is 12.8 Å². The first kappa shape index (κ1) is 12.0. The predicted molar refractivity (Wildman–Crippen MR) is 71.1 cm³/mol. The molecule has 0 amide bonds. The van der Waals surface area contributed by atoms with Gasteiger partial charge in [0.1, 0.15) is 0 Å². The zero-order chi connectivity index (χ0) is 12.3. The normalized spacial score (nSPS) is 12.1. The second kappa shape index (κ2) is 5.23. The second-order valence-electron chi connectivity index (χ2n) is 3.82. The SMILES string of the molecule is CC(C(=O)c1ccccc1Br)c1ccccn1. The lowest BCUT2D eigenvalue weighted by atomic mass is 9.96. The van der Waals surface area contributed by atoms with Gasteiger partial charge in [-0.3, -0.25) is 9.78 Å². The number of ketones is 1. The van der Waals surface area contributed by atoms with Crippen LogP contribution in [0.4, 0.5) is 0 Å². The molecule has 1 heterocycles. The first-order valence-corrected chi connectivity index (χ1v) is 6.19. The van der Waals surface area contributed by atoms with Crippen molar-refractivity contribution in [1.29, 1.82) is 0 Å². The number of rotatable bonds is 3. The van der Waals surface area contributed by atoms with Gasteiger partial charge in [0.25, 0.3) is 0 Å². The summed E-state index contributed by atoms with van der Waals surface area (Å²) < 4.78 is 0.827. The molecule has 86 valence electrons. The molecule has 1 aromatic carbocycles. The lowest BCUT2D eigenvalue weighted by Crippen LogP contribution is -2.11. The van der Waals surface area contributed by atoms with Crippen LogP contribution in [0.3, 0.4) is 0 Å². The molecule has 17 heavy (non-hydrogen) atoms. The fraction of sp³-hybridized carbons (Fsp3) is 0.143. The summed E-state index contributed by atoms with van der Waals surface area (Å²) in [6, 6.07) is 13.1. The number of carbonyl (C=O) groups is 1. The van der Waals surface area contributed by atoms with E-state index in [9.17, 15) is 4.79 Å². The van der Waals surface area contributed by atoms with Gasteiger partial charge >= 0.3 is 0 Å². The number of nitrogens with zero attached hydrogens (tertiary/aromatic N) is 1. The highest BCUT2D eigenvalue weighted by molar-refractivity contribution is 9.10. The van der Waals surface area contributed by atoms with Crippen molar-refractivity contribution in [3.8, 4) is 0 Å². The molecule has 0 saturated carbocycles. The van der Waals surface area contributed by atoms with Gasteiger partial charge in [0.15, 0.2) is 5.78 Å². The number of halogens is 1. The van der Waals surface area contributed by atoms with Crippen LogP contribution in [-0.4, -0.2) is 10.8 Å². The first-order chi connectivity index (χ1) is 8.20. The van der Waals surface area contributed by atoms with Gasteiger partial charge in [-0.1, -0.05) is 40.2 Å². The highest BCUT2D eigenvalue weighted by Gasteiger charge is 2.19. The highest BCUT2D eigenvalue weighted by atomic mass is 79.9. The van der Waals surface area contributed by atoms with Gasteiger partial charge in [-0.25, -0.2) is 0 Å². The molecule has 2 rings (SSSR count). The standard InChI is InChI=1S/C14H12BrNO/c1-10(13-8-4-5-9-16-13)14(17)11-6-2-3-7-12(11)15/h2-10H,1H3. The molecule has 1 unspecified atom stereocenters. The molecule has 2 aromatic rings. The van der Waals surface area contributed by atoms with Gasteiger partial charge in [0, 0.05) is 16.2 Å². The zero-order valence-electron chi connectivity index (χ0n) is 9.43. The number of Topliss-reactive ketones (excluding diaryl/α,β-unsaturated/α-hetero) is 1. The number of hydrogen-bond donors (Lipinski definition) is 0. The van der Waals surface area contributed by atoms with Crippen LogP contribution in [-0.2, 0) is 0 Å². The fourth-order valence-electron chi connectivity index (χ4n) is 1.66. The zero-order valence-corrected chi connectivity index (χ0v) is 11.0. The molecular formula is C14H12BrNO. The van der Waals surface area contributed by atoms with E-state index in [0.29, 0.717) is 5.56 Å². The molecule has 3 heteroatoms. The van der Waals surface area contributed by atoms with Crippen LogP contribution in [0.25, 0.3) is 0 Å². The maximum atomic E-state index is 12.3. The van der Waals surface area contributed by atoms with E-state index in [4.69, 9.17) is 0 Å². The summed E-state index contributed by atoms with van der Waals surface area (Å²) in [5, 5.41) is 0. The number of aromatic nitrogens is 1. The topological polar surface area (TPSA) is 30.0 Å². The maximum Gasteiger partial charge on any atom is 0.172 e. The predicted octanol–water partition coefficient (Wildman–Crippen LogP) is 3.83. The molecule has 0 aliphatic heterocycles. The molecule has 0 N–H and O–H groups in total. The van der Waals surface area contributed by atoms with Crippen molar-refractivity contribution < 1.29 is 4.79 Å². The Hall–Kier alpha value is -1.48. The van der Waals surface area contributed by atoms with Gasteiger partial charge in [0.05, 0.1) is 11.6 Å². The number of benzene rings is 1. The molecule has 0 saturated heterocycles. The average Bonchev–Trinajstić information content (AvgIpc) is 2.39. The van der Waals surface area contributed by atoms with Crippen LogP contribution < -0.4 is 0 Å². The molecule has 0 bridgehead atoms. The molecular weight excluding hydrogens is 278 g/mol. The Kier molecular flexibility index (Phi) is 3.69. The Morgan fingerprint density at radius 1 is 1.18 bits per heavy atom. The Morgan fingerprint density at radius 2 is 1.88 bits per heavy atom. The summed E-state index contributed by atoms with van der Waals surface area (Å²) in [6.45, 7) is 1.88. The van der Waals surface area contributed by atoms with Gasteiger partial charge in [-0.2, -0.15) is 0 Å². The Balaban J connectivity index is 2.30. The van der Waals surface area contributed by atoms with Crippen molar-refractivity contribution >= 4 is 21.7 Å². The van der Waals surface area contributed by atoms with Crippen LogP contribution in [0.15, 0.2) is 53.1 Å². The third-order valence-corrected chi connectivity index (χ3v) is 3.36. The minimum absolute atomic E-state index is 0.0798. The summed E-state index contributed by atoms with van der Waals surface area (Å²) in [7, 11) is 0. The molecule has 0 spiro atoms. The molecule has 0 aliphatic rings. The minimum atomic E-state index is -0.227. The third-order valence-electron chi connectivity index (χ3n) is 2.66. The number of hydrogen-bond acceptors (Lipinski definition) is 2. The fourth-order valence-corrected chi connectivity index (χ4v) is 2.14. The van der Waals surface area contributed by atoms with E-state index in [1.54, 1.807) is 6.20 Å². The van der Waals surface area contributed by atoms with Crippen molar-refractivity contribution in [3.63, 3.8) is 0 Å². The smallest absolute Gasteiger partial charge is 0.172 e. The molecule has 2 nitrogen and oxygen atoms in total. The average molecular weight is 290 g/mol. The van der Waals surface area contributed by atoms with E-state index in [1.165, 1.54) is 0 Å². The van der Waals surface area contributed by atoms with Gasteiger partial charge in [0.2, 0.25) is 0 Å². The summed E-state index contributed by atoms with van der Waals surface area (Å²) in [4.78, 5) is 16.5. The highest BCUT2D eigenvalue weighted by Crippen LogP contribution is 2.23. The molecule has 1 atom stereocenters. The van der Waals surface area contributed by atoms with E-state index in [-0.39, 0.29) is 11.7 Å². The molecule has 1 aromatic heterocycles. The lowest BCUT2D eigenvalue weighted by molar-refractivity contribution is 0.0964. The van der Waals surface area contributed by atoms with Crippen LogP contribution in [0.5, 0.6) is 0 Å². The summed E-state index contributed by atoms with van der Waals surface area (Å²) >= 11 is 3.40. The van der Waals surface area contributed by atoms with E-state index in [2.05, 4.69) is 20.9 Å². The van der Waals surface area contributed by atoms with E-state index >= 15 is 0 Å². The van der Waals surface area contributed by atoms with Gasteiger partial charge < -0.3 is 0 Å². The quantitative estimate of drug-likeness (QED) is 0.804. The van der Waals surface area contributed by atoms with Crippen molar-refractivity contribution in [1.82, 2.24) is 4.98 Å². The monoisotopic (exact) mass is 289 g/mol. The Bertz CT molecular complexity index is 525. The lowest BCUT2D eigenvalue weighted by Gasteiger charge is -2.10. The van der Waals surface area contributed by atoms with E-state index in [0.717, 1.165) is 10.2 Å². The van der Waals surface area contributed by atoms with Crippen LogP contribution in [0.2, 0.25) is 0 Å². The van der Waals surface area contributed by atoms with Gasteiger partial charge in [-0.15, -0.1) is 0 Å². The minimum Gasteiger partial charge on any atom is -0.293 e. The summed E-state index contributed by atoms with van der Waals surface area (Å²) in [5.41, 5.74) is 1.50. The summed E-state index contributed by atoms with van der Waals surface area (Å²) in [5.74, 6) is -0.147. The Morgan fingerprint density at radius 3 is 2.53 bits per heavy atom. The number of pyridine rings is 1. The number of carbonyl (C=O) groups excluding carboxylic acids is 1. The molecule has 0 aliphatic carbocycles. The van der Waals surface area contributed by atoms with Crippen molar-refractivity contribution in [3.05, 3.63) is 64.4 Å². The van der Waals surface area contributed by atoms with Crippen LogP contribution >= 0.6 is 15.9 Å².